The van der Waals surface area contributed by atoms with Crippen LogP contribution in [-0.2, 0) is 4.79 Å². The van der Waals surface area contributed by atoms with Gasteiger partial charge < -0.3 is 10.2 Å². The van der Waals surface area contributed by atoms with Crippen molar-refractivity contribution in [1.82, 2.24) is 10.2 Å². The molecule has 0 spiro atoms. The zero-order valence-corrected chi connectivity index (χ0v) is 12.2. The van der Waals surface area contributed by atoms with Crippen LogP contribution in [-0.4, -0.2) is 36.5 Å². The molecule has 1 N–H and O–H groups in total. The Morgan fingerprint density at radius 1 is 1.44 bits per heavy atom. The Balaban J connectivity index is 1.98. The second-order valence-electron chi connectivity index (χ2n) is 6.75. The summed E-state index contributed by atoms with van der Waals surface area (Å²) < 4.78 is 0. The van der Waals surface area contributed by atoms with Crippen molar-refractivity contribution in [2.24, 2.45) is 11.3 Å². The van der Waals surface area contributed by atoms with Crippen molar-refractivity contribution in [2.45, 2.75) is 58.9 Å². The Kier molecular flexibility index (Phi) is 4.31. The summed E-state index contributed by atoms with van der Waals surface area (Å²) in [6.45, 7) is 9.50. The summed E-state index contributed by atoms with van der Waals surface area (Å²) >= 11 is 0. The highest BCUT2D eigenvalue weighted by molar-refractivity contribution is 5.83. The van der Waals surface area contributed by atoms with Crippen LogP contribution in [0.1, 0.15) is 52.9 Å². The standard InChI is InChI=1S/C15H28N2O/c1-12(2)7-10-17(13-5-6-13)14(18)15(3)8-4-9-16-11-15/h12-13,16H,4-11H2,1-3H3. The predicted molar refractivity (Wildman–Crippen MR) is 74.4 cm³/mol. The number of carbonyl (C=O) groups is 1. The van der Waals surface area contributed by atoms with Gasteiger partial charge in [-0.05, 0) is 51.5 Å². The van der Waals surface area contributed by atoms with Gasteiger partial charge in [-0.1, -0.05) is 13.8 Å². The second-order valence-corrected chi connectivity index (χ2v) is 6.75. The summed E-state index contributed by atoms with van der Waals surface area (Å²) in [6.07, 6.45) is 5.74. The molecule has 1 aliphatic heterocycles. The van der Waals surface area contributed by atoms with E-state index < -0.39 is 0 Å². The van der Waals surface area contributed by atoms with Crippen molar-refractivity contribution in [3.05, 3.63) is 0 Å². The minimum atomic E-state index is -0.155. The van der Waals surface area contributed by atoms with Crippen molar-refractivity contribution < 1.29 is 4.79 Å². The van der Waals surface area contributed by atoms with Gasteiger partial charge in [-0.25, -0.2) is 0 Å². The molecule has 2 rings (SSSR count). The van der Waals surface area contributed by atoms with Gasteiger partial charge in [0.05, 0.1) is 5.41 Å². The van der Waals surface area contributed by atoms with Crippen LogP contribution in [0.15, 0.2) is 0 Å². The maximum atomic E-state index is 12.8. The van der Waals surface area contributed by atoms with E-state index in [0.717, 1.165) is 38.9 Å². The predicted octanol–water partition coefficient (Wildman–Crippen LogP) is 2.41. The second kappa shape index (κ2) is 5.60. The van der Waals surface area contributed by atoms with Gasteiger partial charge in [-0.3, -0.25) is 4.79 Å². The maximum Gasteiger partial charge on any atom is 0.230 e. The molecule has 18 heavy (non-hydrogen) atoms. The lowest BCUT2D eigenvalue weighted by atomic mass is 9.81. The molecule has 3 nitrogen and oxygen atoms in total. The molecule has 0 aromatic rings. The Morgan fingerprint density at radius 3 is 2.67 bits per heavy atom. The molecule has 0 aromatic carbocycles. The maximum absolute atomic E-state index is 12.8. The van der Waals surface area contributed by atoms with Gasteiger partial charge in [0.1, 0.15) is 0 Å². The highest BCUT2D eigenvalue weighted by Crippen LogP contribution is 2.34. The SMILES string of the molecule is CC(C)CCN(C(=O)C1(C)CCCNC1)C1CC1. The lowest BCUT2D eigenvalue weighted by Crippen LogP contribution is -2.51. The lowest BCUT2D eigenvalue weighted by Gasteiger charge is -2.38. The Hall–Kier alpha value is -0.570. The van der Waals surface area contributed by atoms with E-state index in [1.165, 1.54) is 12.8 Å². The molecule has 3 heteroatoms. The zero-order chi connectivity index (χ0) is 13.2. The fraction of sp³-hybridized carbons (Fsp3) is 0.933. The van der Waals surface area contributed by atoms with E-state index in [2.05, 4.69) is 31.0 Å². The van der Waals surface area contributed by atoms with Gasteiger partial charge in [0, 0.05) is 19.1 Å². The molecule has 0 radical (unpaired) electrons. The van der Waals surface area contributed by atoms with E-state index >= 15 is 0 Å². The van der Waals surface area contributed by atoms with Crippen molar-refractivity contribution in [3.63, 3.8) is 0 Å². The molecular formula is C15H28N2O. The molecule has 2 aliphatic rings. The summed E-state index contributed by atoms with van der Waals surface area (Å²) in [5.41, 5.74) is -0.155. The van der Waals surface area contributed by atoms with Gasteiger partial charge in [0.25, 0.3) is 0 Å². The summed E-state index contributed by atoms with van der Waals surface area (Å²) in [4.78, 5) is 15.0. The summed E-state index contributed by atoms with van der Waals surface area (Å²) in [5.74, 6) is 1.08. The minimum Gasteiger partial charge on any atom is -0.339 e. The number of nitrogens with one attached hydrogen (secondary N) is 1. The molecule has 0 aromatic heterocycles. The lowest BCUT2D eigenvalue weighted by molar-refractivity contribution is -0.143. The monoisotopic (exact) mass is 252 g/mol. The number of carbonyl (C=O) groups excluding carboxylic acids is 1. The summed E-state index contributed by atoms with van der Waals surface area (Å²) in [7, 11) is 0. The largest absolute Gasteiger partial charge is 0.339 e. The van der Waals surface area contributed by atoms with Crippen molar-refractivity contribution >= 4 is 5.91 Å². The zero-order valence-electron chi connectivity index (χ0n) is 12.2. The van der Waals surface area contributed by atoms with E-state index in [9.17, 15) is 4.79 Å². The van der Waals surface area contributed by atoms with Crippen LogP contribution in [0.25, 0.3) is 0 Å². The number of piperidine rings is 1. The van der Waals surface area contributed by atoms with Gasteiger partial charge in [0.15, 0.2) is 0 Å². The molecular weight excluding hydrogens is 224 g/mol. The molecule has 1 amide bonds. The summed E-state index contributed by atoms with van der Waals surface area (Å²) in [6, 6.07) is 0.551. The average Bonchev–Trinajstić information content (AvgIpc) is 3.14. The first-order valence-corrected chi connectivity index (χ1v) is 7.55. The van der Waals surface area contributed by atoms with Crippen molar-refractivity contribution in [1.29, 1.82) is 0 Å². The van der Waals surface area contributed by atoms with E-state index in [-0.39, 0.29) is 5.41 Å². The third-order valence-electron chi connectivity index (χ3n) is 4.31. The first kappa shape index (κ1) is 13.9. The Bertz CT molecular complexity index is 291. The fourth-order valence-corrected chi connectivity index (χ4v) is 2.82. The van der Waals surface area contributed by atoms with Gasteiger partial charge in [-0.15, -0.1) is 0 Å². The van der Waals surface area contributed by atoms with Crippen LogP contribution < -0.4 is 5.32 Å². The van der Waals surface area contributed by atoms with Crippen molar-refractivity contribution in [3.8, 4) is 0 Å². The van der Waals surface area contributed by atoms with Crippen LogP contribution in [0.5, 0.6) is 0 Å². The first-order valence-electron chi connectivity index (χ1n) is 7.55. The number of nitrogens with zero attached hydrogens (tertiary/aromatic N) is 1. The summed E-state index contributed by atoms with van der Waals surface area (Å²) in [5, 5.41) is 3.39. The number of amides is 1. The third-order valence-corrected chi connectivity index (χ3v) is 4.31. The molecule has 1 saturated carbocycles. The number of hydrogen-bond acceptors (Lipinski definition) is 2. The molecule has 2 fully saturated rings. The van der Waals surface area contributed by atoms with Crippen LogP contribution >= 0.6 is 0 Å². The highest BCUT2D eigenvalue weighted by Gasteiger charge is 2.42. The van der Waals surface area contributed by atoms with E-state index in [4.69, 9.17) is 0 Å². The van der Waals surface area contributed by atoms with Gasteiger partial charge in [-0.2, -0.15) is 0 Å². The van der Waals surface area contributed by atoms with Gasteiger partial charge >= 0.3 is 0 Å². The smallest absolute Gasteiger partial charge is 0.230 e. The molecule has 104 valence electrons. The van der Waals surface area contributed by atoms with Crippen LogP contribution in [0, 0.1) is 11.3 Å². The minimum absolute atomic E-state index is 0.155. The average molecular weight is 252 g/mol. The molecule has 1 heterocycles. The third kappa shape index (κ3) is 3.25. The topological polar surface area (TPSA) is 32.3 Å². The first-order chi connectivity index (χ1) is 8.53. The molecule has 1 atom stereocenters. The van der Waals surface area contributed by atoms with E-state index in [1.807, 2.05) is 0 Å². The fourth-order valence-electron chi connectivity index (χ4n) is 2.82. The number of hydrogen-bond donors (Lipinski definition) is 1. The van der Waals surface area contributed by atoms with Crippen LogP contribution in [0.4, 0.5) is 0 Å². The normalized spacial score (nSPS) is 28.4. The van der Waals surface area contributed by atoms with E-state index in [1.54, 1.807) is 0 Å². The Labute approximate surface area is 111 Å². The van der Waals surface area contributed by atoms with Crippen LogP contribution in [0.2, 0.25) is 0 Å². The van der Waals surface area contributed by atoms with Gasteiger partial charge in [0.2, 0.25) is 5.91 Å². The van der Waals surface area contributed by atoms with Crippen molar-refractivity contribution in [2.75, 3.05) is 19.6 Å². The van der Waals surface area contributed by atoms with E-state index in [0.29, 0.717) is 17.9 Å². The van der Waals surface area contributed by atoms with Crippen LogP contribution in [0.3, 0.4) is 0 Å². The number of rotatable bonds is 5. The molecule has 1 unspecified atom stereocenters. The molecule has 0 bridgehead atoms. The Morgan fingerprint density at radius 2 is 2.17 bits per heavy atom. The quantitative estimate of drug-likeness (QED) is 0.815. The highest BCUT2D eigenvalue weighted by atomic mass is 16.2. The molecule has 1 saturated heterocycles. The molecule has 1 aliphatic carbocycles.